The van der Waals surface area contributed by atoms with Crippen LogP contribution in [0.15, 0.2) is 30.3 Å². The molecule has 0 fully saturated rings. The lowest BCUT2D eigenvalue weighted by atomic mass is 10.1. The van der Waals surface area contributed by atoms with Crippen LogP contribution in [0.5, 0.6) is 0 Å². The largest absolute Gasteiger partial charge is 0.390 e. The highest BCUT2D eigenvalue weighted by Gasteiger charge is 2.26. The molecule has 106 valence electrons. The fourth-order valence-electron chi connectivity index (χ4n) is 1.68. The lowest BCUT2D eigenvalue weighted by molar-refractivity contribution is -0.132. The molecule has 1 heterocycles. The average molecular weight is 303 g/mol. The predicted molar refractivity (Wildman–Crippen MR) is 69.8 cm³/mol. The van der Waals surface area contributed by atoms with Crippen molar-refractivity contribution in [1.82, 2.24) is 10.3 Å². The first-order valence-corrected chi connectivity index (χ1v) is 6.15. The zero-order chi connectivity index (χ0) is 14.8. The third-order valence-corrected chi connectivity index (χ3v) is 2.91. The Balaban J connectivity index is 2.14. The fourth-order valence-corrected chi connectivity index (χ4v) is 1.94. The molecule has 1 aromatic heterocycles. The van der Waals surface area contributed by atoms with Crippen molar-refractivity contribution in [1.29, 1.82) is 0 Å². The molecular weight excluding hydrogens is 293 g/mol. The topological polar surface area (TPSA) is 42.0 Å². The molecule has 0 aliphatic carbocycles. The molecule has 0 radical (unpaired) electrons. The Kier molecular flexibility index (Phi) is 4.13. The Hall–Kier alpha value is -1.82. The molecule has 20 heavy (non-hydrogen) atoms. The number of carbonyl (C=O) groups excluding carboxylic acids is 1. The summed E-state index contributed by atoms with van der Waals surface area (Å²) in [6.45, 7) is -0.492. The first-order chi connectivity index (χ1) is 9.37. The van der Waals surface area contributed by atoms with Crippen molar-refractivity contribution in [3.8, 4) is 0 Å². The van der Waals surface area contributed by atoms with E-state index in [0.717, 1.165) is 0 Å². The van der Waals surface area contributed by atoms with Gasteiger partial charge in [-0.25, -0.2) is 4.98 Å². The Morgan fingerprint density at radius 1 is 1.30 bits per heavy atom. The van der Waals surface area contributed by atoms with Gasteiger partial charge in [0.25, 0.3) is 5.91 Å². The number of rotatable bonds is 3. The van der Waals surface area contributed by atoms with Crippen molar-refractivity contribution in [2.24, 2.45) is 0 Å². The van der Waals surface area contributed by atoms with E-state index >= 15 is 0 Å². The summed E-state index contributed by atoms with van der Waals surface area (Å²) in [5, 5.41) is 3.69. The number of amides is 1. The maximum atomic E-state index is 12.0. The summed E-state index contributed by atoms with van der Waals surface area (Å²) in [6.07, 6.45) is -5.39. The molecule has 2 aromatic rings. The van der Waals surface area contributed by atoms with Gasteiger partial charge in [-0.05, 0) is 11.5 Å². The molecule has 1 aromatic carbocycles. The van der Waals surface area contributed by atoms with Crippen LogP contribution in [0.4, 0.5) is 13.2 Å². The molecule has 7 heteroatoms. The quantitative estimate of drug-likeness (QED) is 0.881. The van der Waals surface area contributed by atoms with Crippen LogP contribution in [0.25, 0.3) is 10.8 Å². The minimum atomic E-state index is -4.30. The number of alkyl halides is 3. The van der Waals surface area contributed by atoms with Crippen molar-refractivity contribution in [2.75, 3.05) is 6.54 Å². The van der Waals surface area contributed by atoms with E-state index < -0.39 is 25.0 Å². The van der Waals surface area contributed by atoms with Crippen LogP contribution in [-0.4, -0.2) is 23.6 Å². The summed E-state index contributed by atoms with van der Waals surface area (Å²) in [6, 6.07) is 8.53. The van der Waals surface area contributed by atoms with Crippen LogP contribution in [0.2, 0.25) is 5.15 Å². The fraction of sp³-hybridized carbons (Fsp3) is 0.231. The van der Waals surface area contributed by atoms with Crippen molar-refractivity contribution in [3.05, 3.63) is 41.2 Å². The van der Waals surface area contributed by atoms with Gasteiger partial charge in [0.1, 0.15) is 10.8 Å². The molecule has 0 saturated heterocycles. The highest BCUT2D eigenvalue weighted by atomic mass is 35.5. The number of carbonyl (C=O) groups is 1. The van der Waals surface area contributed by atoms with E-state index in [1.54, 1.807) is 24.3 Å². The molecule has 1 amide bonds. The smallest absolute Gasteiger partial charge is 0.350 e. The second kappa shape index (κ2) is 5.66. The van der Waals surface area contributed by atoms with E-state index in [9.17, 15) is 18.0 Å². The highest BCUT2D eigenvalue weighted by molar-refractivity contribution is 6.34. The van der Waals surface area contributed by atoms with E-state index in [1.807, 2.05) is 0 Å². The van der Waals surface area contributed by atoms with Gasteiger partial charge in [0, 0.05) is 11.9 Å². The van der Waals surface area contributed by atoms with E-state index in [-0.39, 0.29) is 10.8 Å². The monoisotopic (exact) mass is 302 g/mol. The third kappa shape index (κ3) is 3.60. The van der Waals surface area contributed by atoms with Gasteiger partial charge in [0.15, 0.2) is 0 Å². The number of aromatic nitrogens is 1. The van der Waals surface area contributed by atoms with Crippen molar-refractivity contribution >= 4 is 28.3 Å². The molecule has 0 atom stereocenters. The third-order valence-electron chi connectivity index (χ3n) is 2.62. The van der Waals surface area contributed by atoms with Crippen molar-refractivity contribution in [2.45, 2.75) is 12.6 Å². The van der Waals surface area contributed by atoms with Crippen LogP contribution in [0, 0.1) is 0 Å². The number of benzene rings is 1. The van der Waals surface area contributed by atoms with Crippen molar-refractivity contribution in [3.63, 3.8) is 0 Å². The van der Waals surface area contributed by atoms with Gasteiger partial charge >= 0.3 is 6.18 Å². The summed E-state index contributed by atoms with van der Waals surface area (Å²) in [7, 11) is 0. The van der Waals surface area contributed by atoms with Crippen LogP contribution in [0.1, 0.15) is 16.9 Å². The standard InChI is InChI=1S/C13H10ClF3N2O/c14-11-9-4-2-1-3-8(9)7-10(19-11)12(20)18-6-5-13(15,16)17/h1-4,7H,5-6H2,(H,18,20). The zero-order valence-corrected chi connectivity index (χ0v) is 10.9. The SMILES string of the molecule is O=C(NCCC(F)(F)F)c1cc2ccccc2c(Cl)n1. The Morgan fingerprint density at radius 3 is 2.70 bits per heavy atom. The molecule has 0 aliphatic heterocycles. The zero-order valence-electron chi connectivity index (χ0n) is 10.2. The Morgan fingerprint density at radius 2 is 2.00 bits per heavy atom. The molecule has 0 unspecified atom stereocenters. The average Bonchev–Trinajstić information content (AvgIpc) is 2.37. The molecular formula is C13H10ClF3N2O. The minimum Gasteiger partial charge on any atom is -0.350 e. The van der Waals surface area contributed by atoms with E-state index in [2.05, 4.69) is 10.3 Å². The van der Waals surface area contributed by atoms with Gasteiger partial charge in [-0.2, -0.15) is 13.2 Å². The highest BCUT2D eigenvalue weighted by Crippen LogP contribution is 2.22. The molecule has 1 N–H and O–H groups in total. The first kappa shape index (κ1) is 14.6. The molecule has 3 nitrogen and oxygen atoms in total. The van der Waals surface area contributed by atoms with Gasteiger partial charge in [0.2, 0.25) is 0 Å². The summed E-state index contributed by atoms with van der Waals surface area (Å²) in [5.74, 6) is -0.679. The maximum Gasteiger partial charge on any atom is 0.390 e. The predicted octanol–water partition coefficient (Wildman–Crippen LogP) is 3.57. The number of halogens is 4. The maximum absolute atomic E-state index is 12.0. The summed E-state index contributed by atoms with van der Waals surface area (Å²) in [5.41, 5.74) is -0.00382. The first-order valence-electron chi connectivity index (χ1n) is 5.77. The second-order valence-electron chi connectivity index (χ2n) is 4.14. The summed E-state index contributed by atoms with van der Waals surface area (Å²) < 4.78 is 36.0. The van der Waals surface area contributed by atoms with Crippen molar-refractivity contribution < 1.29 is 18.0 Å². The number of nitrogens with one attached hydrogen (secondary N) is 1. The van der Waals surface area contributed by atoms with E-state index in [4.69, 9.17) is 11.6 Å². The Bertz CT molecular complexity index is 643. The lowest BCUT2D eigenvalue weighted by Crippen LogP contribution is -2.28. The summed E-state index contributed by atoms with van der Waals surface area (Å²) >= 11 is 5.94. The number of fused-ring (bicyclic) bond motifs is 1. The van der Waals surface area contributed by atoms with Crippen LogP contribution in [-0.2, 0) is 0 Å². The van der Waals surface area contributed by atoms with Gasteiger partial charge in [-0.1, -0.05) is 35.9 Å². The van der Waals surface area contributed by atoms with Gasteiger partial charge in [0.05, 0.1) is 6.42 Å². The normalized spacial score (nSPS) is 11.6. The van der Waals surface area contributed by atoms with Gasteiger partial charge < -0.3 is 5.32 Å². The van der Waals surface area contributed by atoms with Crippen LogP contribution in [0.3, 0.4) is 0 Å². The van der Waals surface area contributed by atoms with Gasteiger partial charge in [-0.15, -0.1) is 0 Å². The number of hydrogen-bond donors (Lipinski definition) is 1. The number of pyridine rings is 1. The van der Waals surface area contributed by atoms with E-state index in [1.165, 1.54) is 6.07 Å². The Labute approximate surface area is 117 Å². The summed E-state index contributed by atoms with van der Waals surface area (Å²) in [4.78, 5) is 15.6. The molecule has 0 bridgehead atoms. The molecule has 0 spiro atoms. The lowest BCUT2D eigenvalue weighted by Gasteiger charge is -2.08. The number of nitrogens with zero attached hydrogens (tertiary/aromatic N) is 1. The molecule has 2 rings (SSSR count). The van der Waals surface area contributed by atoms with Crippen LogP contribution < -0.4 is 5.32 Å². The van der Waals surface area contributed by atoms with Crippen LogP contribution >= 0.6 is 11.6 Å². The minimum absolute atomic E-state index is 0.00382. The molecule has 0 saturated carbocycles. The molecule has 0 aliphatic rings. The number of hydrogen-bond acceptors (Lipinski definition) is 2. The van der Waals surface area contributed by atoms with E-state index in [0.29, 0.717) is 10.8 Å². The van der Waals surface area contributed by atoms with Gasteiger partial charge in [-0.3, -0.25) is 4.79 Å². The second-order valence-corrected chi connectivity index (χ2v) is 4.50.